The van der Waals surface area contributed by atoms with Gasteiger partial charge < -0.3 is 4.74 Å². The Hall–Kier alpha value is -1.45. The van der Waals surface area contributed by atoms with Crippen molar-refractivity contribution in [2.75, 3.05) is 6.61 Å². The molecule has 1 aromatic carbocycles. The van der Waals surface area contributed by atoms with E-state index in [0.717, 1.165) is 25.7 Å². The summed E-state index contributed by atoms with van der Waals surface area (Å²) in [5.74, 6) is -0.450. The number of benzene rings is 1. The highest BCUT2D eigenvalue weighted by Gasteiger charge is 2.29. The first-order valence-electron chi connectivity index (χ1n) is 7.94. The van der Waals surface area contributed by atoms with Gasteiger partial charge in [0.15, 0.2) is 11.6 Å². The topological polar surface area (TPSA) is 9.23 Å². The third kappa shape index (κ3) is 3.65. The fraction of sp³-hybridized carbons (Fsp3) is 0.556. The van der Waals surface area contributed by atoms with Gasteiger partial charge in [-0.3, -0.25) is 0 Å². The Morgan fingerprint density at radius 2 is 1.91 bits per heavy atom. The molecule has 0 N–H and O–H groups in total. The zero-order valence-electron chi connectivity index (χ0n) is 13.1. The predicted molar refractivity (Wildman–Crippen MR) is 82.0 cm³/mol. The van der Waals surface area contributed by atoms with Gasteiger partial charge in [0.1, 0.15) is 0 Å². The molecule has 0 spiro atoms. The minimum Gasteiger partial charge on any atom is -0.491 e. The molecule has 1 fully saturated rings. The van der Waals surface area contributed by atoms with Crippen molar-refractivity contribution in [1.82, 2.24) is 0 Å². The van der Waals surface area contributed by atoms with Gasteiger partial charge in [0, 0.05) is 0 Å². The first-order chi connectivity index (χ1) is 10.6. The minimum absolute atomic E-state index is 0.00989. The second-order valence-electron chi connectivity index (χ2n) is 5.75. The van der Waals surface area contributed by atoms with Crippen LogP contribution in [0.3, 0.4) is 0 Å². The van der Waals surface area contributed by atoms with Crippen molar-refractivity contribution in [3.8, 4) is 5.75 Å². The molecule has 1 nitrogen and oxygen atoms in total. The molecule has 0 heterocycles. The molecular weight excluding hydrogens is 289 g/mol. The van der Waals surface area contributed by atoms with Crippen LogP contribution < -0.4 is 4.74 Å². The molecule has 1 aromatic rings. The first-order valence-corrected chi connectivity index (χ1v) is 7.94. The van der Waals surface area contributed by atoms with Crippen molar-refractivity contribution >= 4 is 0 Å². The van der Waals surface area contributed by atoms with Gasteiger partial charge in [0.25, 0.3) is 6.43 Å². The molecule has 2 rings (SSSR count). The van der Waals surface area contributed by atoms with Crippen LogP contribution in [0.15, 0.2) is 24.3 Å². The summed E-state index contributed by atoms with van der Waals surface area (Å²) in [5, 5.41) is 0. The van der Waals surface area contributed by atoms with Gasteiger partial charge in [-0.1, -0.05) is 18.2 Å². The molecule has 0 radical (unpaired) electrons. The molecule has 0 saturated heterocycles. The van der Waals surface area contributed by atoms with Crippen LogP contribution in [-0.4, -0.2) is 6.61 Å². The summed E-state index contributed by atoms with van der Waals surface area (Å²) in [4.78, 5) is 0. The third-order valence-corrected chi connectivity index (χ3v) is 4.37. The van der Waals surface area contributed by atoms with Crippen LogP contribution in [0.5, 0.6) is 5.75 Å². The molecule has 4 heteroatoms. The molecule has 0 atom stereocenters. The van der Waals surface area contributed by atoms with Crippen LogP contribution >= 0.6 is 0 Å². The highest BCUT2D eigenvalue weighted by atomic mass is 19.3. The molecule has 0 unspecified atom stereocenters. The molecule has 122 valence electrons. The first kappa shape index (κ1) is 16.9. The van der Waals surface area contributed by atoms with Crippen molar-refractivity contribution in [3.05, 3.63) is 41.2 Å². The van der Waals surface area contributed by atoms with Crippen LogP contribution in [0.2, 0.25) is 0 Å². The Bertz CT molecular complexity index is 517. The summed E-state index contributed by atoms with van der Waals surface area (Å²) in [6.07, 6.45) is 4.96. The number of hydrogen-bond acceptors (Lipinski definition) is 1. The van der Waals surface area contributed by atoms with E-state index in [2.05, 4.69) is 6.08 Å². The van der Waals surface area contributed by atoms with Gasteiger partial charge >= 0.3 is 0 Å². The summed E-state index contributed by atoms with van der Waals surface area (Å²) in [7, 11) is 0. The Morgan fingerprint density at radius 1 is 1.23 bits per heavy atom. The summed E-state index contributed by atoms with van der Waals surface area (Å²) in [5.41, 5.74) is -0.0182. The molecule has 22 heavy (non-hydrogen) atoms. The number of rotatable bonds is 5. The fourth-order valence-electron chi connectivity index (χ4n) is 3.33. The average Bonchev–Trinajstić information content (AvgIpc) is 2.50. The molecule has 1 saturated carbocycles. The summed E-state index contributed by atoms with van der Waals surface area (Å²) < 4.78 is 46.1. The lowest BCUT2D eigenvalue weighted by atomic mass is 9.77. The van der Waals surface area contributed by atoms with E-state index in [1.165, 1.54) is 6.07 Å². The lowest BCUT2D eigenvalue weighted by Crippen LogP contribution is -2.14. The number of hydrogen-bond donors (Lipinski definition) is 0. The summed E-state index contributed by atoms with van der Waals surface area (Å²) in [6.45, 7) is 3.95. The lowest BCUT2D eigenvalue weighted by molar-refractivity contribution is 0.142. The number of allylic oxidation sites excluding steroid dienone is 2. The Morgan fingerprint density at radius 3 is 2.45 bits per heavy atom. The standard InChI is InChI=1S/C18H23F3O/c1-3-5-12-6-8-13(9-7-12)14-10-11-15(22-4-2)17(19)16(14)18(20)21/h3,5,10-13,18H,4,6-9H2,1-2H3. The number of halogens is 3. The predicted octanol–water partition coefficient (Wildman–Crippen LogP) is 6.01. The van der Waals surface area contributed by atoms with Crippen molar-refractivity contribution < 1.29 is 17.9 Å². The molecule has 0 aromatic heterocycles. The second kappa shape index (κ2) is 7.70. The zero-order valence-corrected chi connectivity index (χ0v) is 13.1. The Balaban J connectivity index is 2.26. The van der Waals surface area contributed by atoms with E-state index < -0.39 is 17.8 Å². The van der Waals surface area contributed by atoms with Gasteiger partial charge in [-0.05, 0) is 63.0 Å². The maximum Gasteiger partial charge on any atom is 0.267 e. The molecule has 0 bridgehead atoms. The number of alkyl halides is 2. The maximum absolute atomic E-state index is 14.3. The van der Waals surface area contributed by atoms with Crippen LogP contribution in [-0.2, 0) is 0 Å². The average molecular weight is 312 g/mol. The molecule has 1 aliphatic carbocycles. The monoisotopic (exact) mass is 312 g/mol. The Labute approximate surface area is 130 Å². The van der Waals surface area contributed by atoms with E-state index in [1.807, 2.05) is 13.0 Å². The van der Waals surface area contributed by atoms with Crippen LogP contribution in [0, 0.1) is 11.7 Å². The van der Waals surface area contributed by atoms with Gasteiger partial charge in [-0.25, -0.2) is 13.2 Å². The van der Waals surface area contributed by atoms with Crippen molar-refractivity contribution in [1.29, 1.82) is 0 Å². The minimum atomic E-state index is -2.82. The van der Waals surface area contributed by atoms with E-state index in [1.54, 1.807) is 13.0 Å². The van der Waals surface area contributed by atoms with E-state index >= 15 is 0 Å². The zero-order chi connectivity index (χ0) is 16.1. The van der Waals surface area contributed by atoms with Crippen molar-refractivity contribution in [3.63, 3.8) is 0 Å². The van der Waals surface area contributed by atoms with Gasteiger partial charge in [0.2, 0.25) is 0 Å². The van der Waals surface area contributed by atoms with E-state index in [0.29, 0.717) is 11.5 Å². The summed E-state index contributed by atoms with van der Waals surface area (Å²) >= 11 is 0. The lowest BCUT2D eigenvalue weighted by Gasteiger charge is -2.29. The maximum atomic E-state index is 14.3. The largest absolute Gasteiger partial charge is 0.491 e. The van der Waals surface area contributed by atoms with E-state index in [4.69, 9.17) is 4.74 Å². The van der Waals surface area contributed by atoms with Gasteiger partial charge in [0.05, 0.1) is 12.2 Å². The highest BCUT2D eigenvalue weighted by Crippen LogP contribution is 2.42. The van der Waals surface area contributed by atoms with Gasteiger partial charge in [-0.15, -0.1) is 0 Å². The van der Waals surface area contributed by atoms with Crippen LogP contribution in [0.1, 0.15) is 63.0 Å². The SMILES string of the molecule is CC=CC1CCC(c2ccc(OCC)c(F)c2C(F)F)CC1. The Kier molecular flexibility index (Phi) is 5.92. The summed E-state index contributed by atoms with van der Waals surface area (Å²) in [6, 6.07) is 3.11. The van der Waals surface area contributed by atoms with Crippen LogP contribution in [0.4, 0.5) is 13.2 Å². The van der Waals surface area contributed by atoms with Crippen LogP contribution in [0.25, 0.3) is 0 Å². The molecule has 0 amide bonds. The third-order valence-electron chi connectivity index (χ3n) is 4.37. The van der Waals surface area contributed by atoms with Crippen molar-refractivity contribution in [2.45, 2.75) is 51.9 Å². The highest BCUT2D eigenvalue weighted by molar-refractivity contribution is 5.40. The molecule has 1 aliphatic rings. The number of ether oxygens (including phenoxy) is 1. The normalized spacial score (nSPS) is 22.5. The second-order valence-corrected chi connectivity index (χ2v) is 5.75. The quantitative estimate of drug-likeness (QED) is 0.605. The van der Waals surface area contributed by atoms with Gasteiger partial charge in [-0.2, -0.15) is 0 Å². The van der Waals surface area contributed by atoms with E-state index in [-0.39, 0.29) is 18.3 Å². The molecular formula is C18H23F3O. The fourth-order valence-corrected chi connectivity index (χ4v) is 3.33. The molecule has 0 aliphatic heterocycles. The van der Waals surface area contributed by atoms with E-state index in [9.17, 15) is 13.2 Å². The van der Waals surface area contributed by atoms with Crippen molar-refractivity contribution in [2.24, 2.45) is 5.92 Å². The smallest absolute Gasteiger partial charge is 0.267 e.